The van der Waals surface area contributed by atoms with Crippen LogP contribution in [0.1, 0.15) is 64.8 Å². The van der Waals surface area contributed by atoms with E-state index in [2.05, 4.69) is 50.8 Å². The Labute approximate surface area is 139 Å². The Hall–Kier alpha value is -0.460. The number of pyridine rings is 1. The van der Waals surface area contributed by atoms with Crippen LogP contribution < -0.4 is 0 Å². The molecule has 0 aliphatic rings. The van der Waals surface area contributed by atoms with Crippen molar-refractivity contribution < 1.29 is 0 Å². The molecule has 1 heterocycles. The Morgan fingerprint density at radius 3 is 2.05 bits per heavy atom. The van der Waals surface area contributed by atoms with Crippen molar-refractivity contribution in [3.63, 3.8) is 0 Å². The molecule has 22 heavy (non-hydrogen) atoms. The van der Waals surface area contributed by atoms with Gasteiger partial charge in [-0.15, -0.1) is 7.92 Å². The maximum Gasteiger partial charge on any atom is 0.0547 e. The smallest absolute Gasteiger partial charge is 0.0547 e. The average Bonchev–Trinajstić information content (AvgIpc) is 2.55. The van der Waals surface area contributed by atoms with E-state index < -0.39 is 0 Å². The van der Waals surface area contributed by atoms with Gasteiger partial charge in [-0.2, -0.15) is 0 Å². The van der Waals surface area contributed by atoms with Crippen molar-refractivity contribution >= 4 is 7.92 Å². The third-order valence-corrected chi connectivity index (χ3v) is 6.85. The zero-order chi connectivity index (χ0) is 16.2. The zero-order valence-electron chi connectivity index (χ0n) is 15.1. The van der Waals surface area contributed by atoms with E-state index >= 15 is 0 Å². The van der Waals surface area contributed by atoms with E-state index in [9.17, 15) is 0 Å². The fourth-order valence-corrected chi connectivity index (χ4v) is 5.35. The molecule has 0 saturated carbocycles. The highest BCUT2D eigenvalue weighted by Crippen LogP contribution is 2.41. The fourth-order valence-electron chi connectivity index (χ4n) is 2.64. The molecule has 1 rings (SSSR count). The molecule has 0 amide bonds. The van der Waals surface area contributed by atoms with Crippen molar-refractivity contribution in [2.45, 2.75) is 66.1 Å². The van der Waals surface area contributed by atoms with Gasteiger partial charge in [0.25, 0.3) is 0 Å². The molecular weight excluding hydrogens is 287 g/mol. The molecule has 0 spiro atoms. The number of aromatic nitrogens is 1. The summed E-state index contributed by atoms with van der Waals surface area (Å²) in [6.45, 7) is 12.2. The summed E-state index contributed by atoms with van der Waals surface area (Å²) in [7, 11) is 0.135. The summed E-state index contributed by atoms with van der Waals surface area (Å²) >= 11 is 0. The van der Waals surface area contributed by atoms with Crippen molar-refractivity contribution in [1.29, 1.82) is 0 Å². The molecule has 126 valence electrons. The summed E-state index contributed by atoms with van der Waals surface area (Å²) in [4.78, 5) is 7.37. The average molecular weight is 322 g/mol. The van der Waals surface area contributed by atoms with Crippen LogP contribution in [0.5, 0.6) is 0 Å². The van der Waals surface area contributed by atoms with Crippen LogP contribution in [0.4, 0.5) is 0 Å². The van der Waals surface area contributed by atoms with E-state index in [1.165, 1.54) is 55.6 Å². The summed E-state index contributed by atoms with van der Waals surface area (Å²) in [6, 6.07) is 6.62. The molecule has 0 aromatic carbocycles. The van der Waals surface area contributed by atoms with E-state index in [-0.39, 0.29) is 7.92 Å². The van der Waals surface area contributed by atoms with Crippen molar-refractivity contribution in [2.24, 2.45) is 0 Å². The van der Waals surface area contributed by atoms with Gasteiger partial charge in [0, 0.05) is 18.4 Å². The second-order valence-electron chi connectivity index (χ2n) is 6.06. The summed E-state index contributed by atoms with van der Waals surface area (Å²) in [5, 5.41) is 0. The summed E-state index contributed by atoms with van der Waals surface area (Å²) in [5.74, 6) is 0. The van der Waals surface area contributed by atoms with Gasteiger partial charge in [0.15, 0.2) is 0 Å². The number of hydrogen-bond donors (Lipinski definition) is 0. The third kappa shape index (κ3) is 7.70. The molecule has 0 N–H and O–H groups in total. The van der Waals surface area contributed by atoms with E-state index in [0.29, 0.717) is 0 Å². The first-order valence-corrected chi connectivity index (χ1v) is 11.0. The van der Waals surface area contributed by atoms with Crippen molar-refractivity contribution in [2.75, 3.05) is 25.4 Å². The highest BCUT2D eigenvalue weighted by Gasteiger charge is 2.10. The maximum absolute atomic E-state index is 4.94. The Bertz CT molecular complexity index is 383. The van der Waals surface area contributed by atoms with Gasteiger partial charge in [-0.05, 0) is 50.4 Å². The van der Waals surface area contributed by atoms with Gasteiger partial charge in [0.05, 0.1) is 5.69 Å². The molecular formula is C19H35N2P. The quantitative estimate of drug-likeness (QED) is 0.472. The topological polar surface area (TPSA) is 16.1 Å². The standard InChI is InChI=1S/C19H35N2P/c1-5-9-14-22(15-10-6-2)17-19-13-11-12-18(20-19)16-21(7-3)8-4/h11-13H,5-10,14-17H2,1-4H3. The Kier molecular flexibility index (Phi) is 10.7. The lowest BCUT2D eigenvalue weighted by Crippen LogP contribution is -2.22. The summed E-state index contributed by atoms with van der Waals surface area (Å²) in [5.41, 5.74) is 2.56. The first-order chi connectivity index (χ1) is 10.7. The predicted octanol–water partition coefficient (Wildman–Crippen LogP) is 5.51. The lowest BCUT2D eigenvalue weighted by atomic mass is 10.3. The molecule has 1 aromatic rings. The van der Waals surface area contributed by atoms with Gasteiger partial charge >= 0.3 is 0 Å². The number of rotatable bonds is 12. The van der Waals surface area contributed by atoms with Gasteiger partial charge < -0.3 is 0 Å². The van der Waals surface area contributed by atoms with Gasteiger partial charge in [-0.25, -0.2) is 0 Å². The molecule has 0 aliphatic carbocycles. The van der Waals surface area contributed by atoms with Gasteiger partial charge in [-0.1, -0.05) is 46.6 Å². The molecule has 0 radical (unpaired) electrons. The van der Waals surface area contributed by atoms with E-state index in [0.717, 1.165) is 19.6 Å². The van der Waals surface area contributed by atoms with Gasteiger partial charge in [0.1, 0.15) is 0 Å². The van der Waals surface area contributed by atoms with Gasteiger partial charge in [0.2, 0.25) is 0 Å². The number of hydrogen-bond acceptors (Lipinski definition) is 2. The summed E-state index contributed by atoms with van der Waals surface area (Å²) < 4.78 is 0. The molecule has 0 bridgehead atoms. The van der Waals surface area contributed by atoms with Crippen LogP contribution in [0.25, 0.3) is 0 Å². The van der Waals surface area contributed by atoms with Crippen LogP contribution in [-0.2, 0) is 12.7 Å². The van der Waals surface area contributed by atoms with Crippen LogP contribution in [0.2, 0.25) is 0 Å². The molecule has 0 saturated heterocycles. The van der Waals surface area contributed by atoms with Crippen molar-refractivity contribution in [1.82, 2.24) is 9.88 Å². The first kappa shape index (κ1) is 19.6. The molecule has 2 nitrogen and oxygen atoms in total. The van der Waals surface area contributed by atoms with Crippen LogP contribution >= 0.6 is 7.92 Å². The van der Waals surface area contributed by atoms with E-state index in [1.807, 2.05) is 0 Å². The van der Waals surface area contributed by atoms with Gasteiger partial charge in [-0.3, -0.25) is 9.88 Å². The number of nitrogens with zero attached hydrogens (tertiary/aromatic N) is 2. The highest BCUT2D eigenvalue weighted by molar-refractivity contribution is 7.56. The lowest BCUT2D eigenvalue weighted by Gasteiger charge is -2.19. The Morgan fingerprint density at radius 1 is 0.909 bits per heavy atom. The van der Waals surface area contributed by atoms with Crippen LogP contribution in [0.15, 0.2) is 18.2 Å². The highest BCUT2D eigenvalue weighted by atomic mass is 31.1. The lowest BCUT2D eigenvalue weighted by molar-refractivity contribution is 0.292. The summed E-state index contributed by atoms with van der Waals surface area (Å²) in [6.07, 6.45) is 9.48. The van der Waals surface area contributed by atoms with E-state index in [1.54, 1.807) is 0 Å². The molecule has 0 unspecified atom stereocenters. The maximum atomic E-state index is 4.94. The van der Waals surface area contributed by atoms with E-state index in [4.69, 9.17) is 4.98 Å². The minimum absolute atomic E-state index is 0.135. The van der Waals surface area contributed by atoms with Crippen molar-refractivity contribution in [3.05, 3.63) is 29.6 Å². The Morgan fingerprint density at radius 2 is 1.50 bits per heavy atom. The molecule has 0 aliphatic heterocycles. The molecule has 0 fully saturated rings. The van der Waals surface area contributed by atoms with Crippen molar-refractivity contribution in [3.8, 4) is 0 Å². The predicted molar refractivity (Wildman–Crippen MR) is 101 cm³/mol. The molecule has 1 aromatic heterocycles. The third-order valence-electron chi connectivity index (χ3n) is 4.19. The second-order valence-corrected chi connectivity index (χ2v) is 8.62. The first-order valence-electron chi connectivity index (χ1n) is 9.12. The minimum Gasteiger partial charge on any atom is -0.298 e. The van der Waals surface area contributed by atoms with Crippen LogP contribution in [0.3, 0.4) is 0 Å². The zero-order valence-corrected chi connectivity index (χ0v) is 16.0. The normalized spacial score (nSPS) is 11.5. The molecule has 3 heteroatoms. The van der Waals surface area contributed by atoms with Crippen LogP contribution in [-0.4, -0.2) is 35.3 Å². The minimum atomic E-state index is 0.135. The fraction of sp³-hybridized carbons (Fsp3) is 0.737. The Balaban J connectivity index is 2.64. The monoisotopic (exact) mass is 322 g/mol. The second kappa shape index (κ2) is 12.0. The SMILES string of the molecule is CCCCP(CCCC)Cc1cccc(CN(CC)CC)n1. The molecule has 0 atom stereocenters. The number of unbranched alkanes of at least 4 members (excludes halogenated alkanes) is 2. The van der Waals surface area contributed by atoms with Crippen LogP contribution in [0, 0.1) is 0 Å². The largest absolute Gasteiger partial charge is 0.298 e.